The largest absolute Gasteiger partial charge is 0.349 e. The molecule has 0 bridgehead atoms. The lowest BCUT2D eigenvalue weighted by atomic mass is 9.96. The van der Waals surface area contributed by atoms with Crippen LogP contribution in [0.1, 0.15) is 55.8 Å². The lowest BCUT2D eigenvalue weighted by molar-refractivity contribution is 0.0926. The zero-order valence-electron chi connectivity index (χ0n) is 15.5. The Morgan fingerprint density at radius 3 is 2.81 bits per heavy atom. The third-order valence-corrected chi connectivity index (χ3v) is 7.82. The Hall–Kier alpha value is -1.86. The first-order valence-electron chi connectivity index (χ1n) is 9.47. The molecule has 2 atom stereocenters. The third kappa shape index (κ3) is 5.11. The molecule has 1 heterocycles. The topological polar surface area (TPSA) is 75.3 Å². The summed E-state index contributed by atoms with van der Waals surface area (Å²) in [6, 6.07) is 10.1. The quantitative estimate of drug-likeness (QED) is 0.671. The van der Waals surface area contributed by atoms with Crippen LogP contribution in [-0.2, 0) is 10.0 Å². The Morgan fingerprint density at radius 2 is 2.07 bits per heavy atom. The van der Waals surface area contributed by atoms with Gasteiger partial charge < -0.3 is 5.32 Å². The number of carbonyl (C=O) groups is 1. The number of thiophene rings is 1. The second-order valence-electron chi connectivity index (χ2n) is 7.03. The highest BCUT2D eigenvalue weighted by molar-refractivity contribution is 7.94. The summed E-state index contributed by atoms with van der Waals surface area (Å²) in [5, 5.41) is 4.87. The predicted molar refractivity (Wildman–Crippen MR) is 110 cm³/mol. The SMILES string of the molecule is CCCCC1CCCC1NC(=O)c1cccc(NS(=O)(=O)c2cccs2)c1. The van der Waals surface area contributed by atoms with E-state index < -0.39 is 10.0 Å². The van der Waals surface area contributed by atoms with Crippen LogP contribution in [-0.4, -0.2) is 20.4 Å². The molecule has 3 rings (SSSR count). The van der Waals surface area contributed by atoms with Gasteiger partial charge >= 0.3 is 0 Å². The van der Waals surface area contributed by atoms with Gasteiger partial charge in [0.1, 0.15) is 4.21 Å². The van der Waals surface area contributed by atoms with Crippen LogP contribution in [0.4, 0.5) is 5.69 Å². The average molecular weight is 407 g/mol. The highest BCUT2D eigenvalue weighted by Gasteiger charge is 2.28. The number of amides is 1. The van der Waals surface area contributed by atoms with Gasteiger partial charge in [-0.1, -0.05) is 38.3 Å². The summed E-state index contributed by atoms with van der Waals surface area (Å²) in [5.74, 6) is 0.412. The Kier molecular flexibility index (Phi) is 6.55. The van der Waals surface area contributed by atoms with Crippen molar-refractivity contribution < 1.29 is 13.2 Å². The molecule has 2 unspecified atom stereocenters. The molecule has 1 fully saturated rings. The number of unbranched alkanes of at least 4 members (excludes halogenated alkanes) is 1. The number of benzene rings is 1. The molecule has 7 heteroatoms. The van der Waals surface area contributed by atoms with Gasteiger partial charge in [-0.2, -0.15) is 0 Å². The van der Waals surface area contributed by atoms with E-state index in [9.17, 15) is 13.2 Å². The van der Waals surface area contributed by atoms with Gasteiger partial charge in [0, 0.05) is 17.3 Å². The van der Waals surface area contributed by atoms with Crippen molar-refractivity contribution in [3.05, 3.63) is 47.3 Å². The minimum atomic E-state index is -3.62. The van der Waals surface area contributed by atoms with Crippen molar-refractivity contribution in [3.8, 4) is 0 Å². The van der Waals surface area contributed by atoms with E-state index in [1.165, 1.54) is 19.3 Å². The van der Waals surface area contributed by atoms with Crippen LogP contribution in [0.15, 0.2) is 46.0 Å². The smallest absolute Gasteiger partial charge is 0.271 e. The van der Waals surface area contributed by atoms with Crippen molar-refractivity contribution in [1.82, 2.24) is 5.32 Å². The average Bonchev–Trinajstić information content (AvgIpc) is 3.32. The second kappa shape index (κ2) is 8.89. The molecule has 1 aromatic heterocycles. The second-order valence-corrected chi connectivity index (χ2v) is 9.89. The van der Waals surface area contributed by atoms with Gasteiger partial charge in [-0.3, -0.25) is 9.52 Å². The molecule has 0 saturated heterocycles. The molecule has 146 valence electrons. The fraction of sp³-hybridized carbons (Fsp3) is 0.450. The van der Waals surface area contributed by atoms with Gasteiger partial charge in [0.2, 0.25) is 0 Å². The van der Waals surface area contributed by atoms with Crippen molar-refractivity contribution in [2.24, 2.45) is 5.92 Å². The zero-order chi connectivity index (χ0) is 19.3. The van der Waals surface area contributed by atoms with Crippen molar-refractivity contribution in [3.63, 3.8) is 0 Å². The lowest BCUT2D eigenvalue weighted by Crippen LogP contribution is -2.37. The summed E-state index contributed by atoms with van der Waals surface area (Å²) in [6.07, 6.45) is 6.86. The summed E-state index contributed by atoms with van der Waals surface area (Å²) in [7, 11) is -3.62. The number of hydrogen-bond donors (Lipinski definition) is 2. The summed E-state index contributed by atoms with van der Waals surface area (Å²) < 4.78 is 27.5. The standard InChI is InChI=1S/C20H26N2O3S2/c1-2-3-7-15-8-5-11-18(15)21-20(23)16-9-4-10-17(14-16)22-27(24,25)19-12-6-13-26-19/h4,6,9-10,12-15,18,22H,2-3,5,7-8,11H2,1H3,(H,21,23). The number of rotatable bonds is 8. The summed E-state index contributed by atoms with van der Waals surface area (Å²) in [6.45, 7) is 2.19. The Balaban J connectivity index is 1.67. The van der Waals surface area contributed by atoms with E-state index in [-0.39, 0.29) is 16.2 Å². The monoisotopic (exact) mass is 406 g/mol. The number of sulfonamides is 1. The van der Waals surface area contributed by atoms with Crippen molar-refractivity contribution in [2.45, 2.75) is 55.7 Å². The van der Waals surface area contributed by atoms with Crippen molar-refractivity contribution in [2.75, 3.05) is 4.72 Å². The molecular formula is C20H26N2O3S2. The maximum absolute atomic E-state index is 12.7. The fourth-order valence-electron chi connectivity index (χ4n) is 3.64. The summed E-state index contributed by atoms with van der Waals surface area (Å²) in [4.78, 5) is 12.7. The Bertz CT molecular complexity index is 863. The van der Waals surface area contributed by atoms with E-state index in [0.29, 0.717) is 17.2 Å². The highest BCUT2D eigenvalue weighted by Crippen LogP contribution is 2.30. The number of nitrogens with one attached hydrogen (secondary N) is 2. The van der Waals surface area contributed by atoms with Crippen LogP contribution < -0.4 is 10.0 Å². The Morgan fingerprint density at radius 1 is 1.22 bits per heavy atom. The van der Waals surface area contributed by atoms with Crippen molar-refractivity contribution in [1.29, 1.82) is 0 Å². The van der Waals surface area contributed by atoms with Crippen LogP contribution in [0.5, 0.6) is 0 Å². The van der Waals surface area contributed by atoms with E-state index in [4.69, 9.17) is 0 Å². The van der Waals surface area contributed by atoms with E-state index in [2.05, 4.69) is 17.0 Å². The molecule has 1 amide bonds. The molecule has 1 aliphatic carbocycles. The Labute approximate surface area is 165 Å². The molecule has 1 aliphatic rings. The number of anilines is 1. The molecule has 2 aromatic rings. The third-order valence-electron chi connectivity index (χ3n) is 5.04. The maximum Gasteiger partial charge on any atom is 0.271 e. The van der Waals surface area contributed by atoms with Gasteiger partial charge in [0.15, 0.2) is 0 Å². The molecule has 1 saturated carbocycles. The van der Waals surface area contributed by atoms with E-state index in [1.807, 2.05) is 0 Å². The first kappa shape index (κ1) is 19.9. The van der Waals surface area contributed by atoms with Crippen LogP contribution >= 0.6 is 11.3 Å². The van der Waals surface area contributed by atoms with E-state index in [0.717, 1.165) is 30.6 Å². The summed E-state index contributed by atoms with van der Waals surface area (Å²) >= 11 is 1.16. The van der Waals surface area contributed by atoms with Gasteiger partial charge in [-0.05, 0) is 54.8 Å². The summed E-state index contributed by atoms with van der Waals surface area (Å²) in [5.41, 5.74) is 0.868. The minimum Gasteiger partial charge on any atom is -0.349 e. The minimum absolute atomic E-state index is 0.138. The van der Waals surface area contributed by atoms with E-state index >= 15 is 0 Å². The number of carbonyl (C=O) groups excluding carboxylic acids is 1. The first-order valence-corrected chi connectivity index (χ1v) is 11.8. The van der Waals surface area contributed by atoms with Crippen LogP contribution in [0.3, 0.4) is 0 Å². The number of hydrogen-bond acceptors (Lipinski definition) is 4. The fourth-order valence-corrected chi connectivity index (χ4v) is 5.68. The van der Waals surface area contributed by atoms with Gasteiger partial charge in [-0.25, -0.2) is 8.42 Å². The van der Waals surface area contributed by atoms with E-state index in [1.54, 1.807) is 41.8 Å². The molecule has 0 aliphatic heterocycles. The van der Waals surface area contributed by atoms with Crippen molar-refractivity contribution >= 4 is 33.0 Å². The molecular weight excluding hydrogens is 380 g/mol. The molecule has 27 heavy (non-hydrogen) atoms. The molecule has 0 spiro atoms. The van der Waals surface area contributed by atoms with Gasteiger partial charge in [0.25, 0.3) is 15.9 Å². The normalized spacial score (nSPS) is 19.7. The van der Waals surface area contributed by atoms with Crippen LogP contribution in [0, 0.1) is 5.92 Å². The molecule has 5 nitrogen and oxygen atoms in total. The zero-order valence-corrected chi connectivity index (χ0v) is 17.1. The molecule has 1 aromatic carbocycles. The van der Waals surface area contributed by atoms with Gasteiger partial charge in [-0.15, -0.1) is 11.3 Å². The first-order chi connectivity index (χ1) is 13.0. The molecule has 2 N–H and O–H groups in total. The molecule has 0 radical (unpaired) electrons. The lowest BCUT2D eigenvalue weighted by Gasteiger charge is -2.21. The van der Waals surface area contributed by atoms with Crippen LogP contribution in [0.2, 0.25) is 0 Å². The predicted octanol–water partition coefficient (Wildman–Crippen LogP) is 4.64. The maximum atomic E-state index is 12.7. The highest BCUT2D eigenvalue weighted by atomic mass is 32.2. The van der Waals surface area contributed by atoms with Crippen LogP contribution in [0.25, 0.3) is 0 Å². The van der Waals surface area contributed by atoms with Gasteiger partial charge in [0.05, 0.1) is 0 Å².